The van der Waals surface area contributed by atoms with Gasteiger partial charge in [0.1, 0.15) is 0 Å². The van der Waals surface area contributed by atoms with E-state index in [0.717, 1.165) is 38.4 Å². The van der Waals surface area contributed by atoms with Gasteiger partial charge < -0.3 is 10.5 Å². The summed E-state index contributed by atoms with van der Waals surface area (Å²) in [6.45, 7) is 10.9. The fourth-order valence-electron chi connectivity index (χ4n) is 2.88. The molecule has 0 amide bonds. The van der Waals surface area contributed by atoms with E-state index in [0.29, 0.717) is 6.54 Å². The van der Waals surface area contributed by atoms with E-state index >= 15 is 0 Å². The second-order valence-corrected chi connectivity index (χ2v) is 6.61. The van der Waals surface area contributed by atoms with Crippen LogP contribution in [0.1, 0.15) is 44.5 Å². The lowest BCUT2D eigenvalue weighted by Gasteiger charge is -2.31. The number of ether oxygens (including phenoxy) is 1. The molecule has 0 radical (unpaired) electrons. The Balaban J connectivity index is 2.31. The Hall–Kier alpha value is -0.910. The zero-order valence-electron chi connectivity index (χ0n) is 13.2. The molecule has 114 valence electrons. The van der Waals surface area contributed by atoms with Gasteiger partial charge in [0.15, 0.2) is 0 Å². The third kappa shape index (κ3) is 3.40. The van der Waals surface area contributed by atoms with Crippen molar-refractivity contribution in [3.05, 3.63) is 17.5 Å². The van der Waals surface area contributed by atoms with Crippen molar-refractivity contribution in [3.63, 3.8) is 0 Å². The molecule has 2 rings (SSSR count). The molecule has 1 atom stereocenters. The summed E-state index contributed by atoms with van der Waals surface area (Å²) in [6, 6.07) is 0.236. The standard InChI is InChI=1S/C15H28N4O/c1-15(2,3)14-12(11-18(4)17-14)13(10-16)19-6-5-8-20-9-7-19/h11,13H,5-10,16H2,1-4H3. The molecule has 2 N–H and O–H groups in total. The molecule has 1 aromatic rings. The van der Waals surface area contributed by atoms with Gasteiger partial charge in [-0.05, 0) is 6.42 Å². The molecule has 5 nitrogen and oxygen atoms in total. The van der Waals surface area contributed by atoms with E-state index in [2.05, 4.69) is 37.0 Å². The van der Waals surface area contributed by atoms with Crippen molar-refractivity contribution in [3.8, 4) is 0 Å². The maximum absolute atomic E-state index is 6.09. The zero-order chi connectivity index (χ0) is 14.8. The summed E-state index contributed by atoms with van der Waals surface area (Å²) in [6.07, 6.45) is 3.20. The zero-order valence-corrected chi connectivity index (χ0v) is 13.2. The fourth-order valence-corrected chi connectivity index (χ4v) is 2.88. The largest absolute Gasteiger partial charge is 0.380 e. The lowest BCUT2D eigenvalue weighted by atomic mass is 9.87. The second kappa shape index (κ2) is 6.24. The molecule has 1 aromatic heterocycles. The SMILES string of the molecule is Cn1cc(C(CN)N2CCCOCC2)c(C(C)(C)C)n1. The van der Waals surface area contributed by atoms with E-state index in [1.807, 2.05) is 11.7 Å². The Labute approximate surface area is 122 Å². The van der Waals surface area contributed by atoms with E-state index in [4.69, 9.17) is 10.5 Å². The topological polar surface area (TPSA) is 56.3 Å². The quantitative estimate of drug-likeness (QED) is 0.910. The lowest BCUT2D eigenvalue weighted by molar-refractivity contribution is 0.132. The van der Waals surface area contributed by atoms with Crippen LogP contribution in [0.15, 0.2) is 6.20 Å². The van der Waals surface area contributed by atoms with Gasteiger partial charge in [-0.1, -0.05) is 20.8 Å². The van der Waals surface area contributed by atoms with Gasteiger partial charge in [0.2, 0.25) is 0 Å². The molecule has 2 heterocycles. The van der Waals surface area contributed by atoms with Crippen molar-refractivity contribution in [1.29, 1.82) is 0 Å². The third-order valence-corrected chi connectivity index (χ3v) is 3.85. The summed E-state index contributed by atoms with van der Waals surface area (Å²) >= 11 is 0. The number of rotatable bonds is 3. The van der Waals surface area contributed by atoms with E-state index < -0.39 is 0 Å². The molecule has 0 aromatic carbocycles. The highest BCUT2D eigenvalue weighted by Crippen LogP contribution is 2.31. The molecule has 1 aliphatic heterocycles. The van der Waals surface area contributed by atoms with E-state index in [1.165, 1.54) is 5.56 Å². The molecule has 0 aliphatic carbocycles. The summed E-state index contributed by atoms with van der Waals surface area (Å²) in [5.41, 5.74) is 8.54. The molecule has 5 heteroatoms. The van der Waals surface area contributed by atoms with Crippen molar-refractivity contribution in [2.24, 2.45) is 12.8 Å². The summed E-state index contributed by atoms with van der Waals surface area (Å²) in [5.74, 6) is 0. The number of aryl methyl sites for hydroxylation is 1. The summed E-state index contributed by atoms with van der Waals surface area (Å²) in [5, 5.41) is 4.67. The van der Waals surface area contributed by atoms with Crippen LogP contribution in [-0.4, -0.2) is 47.5 Å². The van der Waals surface area contributed by atoms with Gasteiger partial charge in [-0.3, -0.25) is 9.58 Å². The summed E-state index contributed by atoms with van der Waals surface area (Å²) < 4.78 is 7.46. The first-order valence-electron chi connectivity index (χ1n) is 7.49. The summed E-state index contributed by atoms with van der Waals surface area (Å²) in [7, 11) is 1.98. The Morgan fingerprint density at radius 1 is 1.35 bits per heavy atom. The Morgan fingerprint density at radius 3 is 2.75 bits per heavy atom. The number of nitrogens with two attached hydrogens (primary N) is 1. The molecular formula is C15H28N4O. The highest BCUT2D eigenvalue weighted by Gasteiger charge is 2.29. The van der Waals surface area contributed by atoms with Gasteiger partial charge in [0.25, 0.3) is 0 Å². The number of hydrogen-bond acceptors (Lipinski definition) is 4. The van der Waals surface area contributed by atoms with Crippen LogP contribution >= 0.6 is 0 Å². The molecule has 20 heavy (non-hydrogen) atoms. The fraction of sp³-hybridized carbons (Fsp3) is 0.800. The van der Waals surface area contributed by atoms with Crippen LogP contribution in [0.25, 0.3) is 0 Å². The average Bonchev–Trinajstić information content (AvgIpc) is 2.61. The molecule has 0 saturated carbocycles. The number of nitrogens with zero attached hydrogens (tertiary/aromatic N) is 3. The number of hydrogen-bond donors (Lipinski definition) is 1. The van der Waals surface area contributed by atoms with Crippen molar-refractivity contribution in [1.82, 2.24) is 14.7 Å². The van der Waals surface area contributed by atoms with Gasteiger partial charge in [-0.15, -0.1) is 0 Å². The van der Waals surface area contributed by atoms with Gasteiger partial charge in [-0.2, -0.15) is 5.10 Å². The monoisotopic (exact) mass is 280 g/mol. The first-order valence-corrected chi connectivity index (χ1v) is 7.49. The smallest absolute Gasteiger partial charge is 0.0726 e. The van der Waals surface area contributed by atoms with Crippen molar-refractivity contribution >= 4 is 0 Å². The van der Waals surface area contributed by atoms with Crippen LogP contribution in [0.4, 0.5) is 0 Å². The maximum Gasteiger partial charge on any atom is 0.0726 e. The van der Waals surface area contributed by atoms with Crippen LogP contribution in [0.3, 0.4) is 0 Å². The molecule has 1 aliphatic rings. The Kier molecular flexibility index (Phi) is 4.83. The minimum Gasteiger partial charge on any atom is -0.380 e. The first-order chi connectivity index (χ1) is 9.43. The van der Waals surface area contributed by atoms with Crippen LogP contribution in [-0.2, 0) is 17.2 Å². The maximum atomic E-state index is 6.09. The third-order valence-electron chi connectivity index (χ3n) is 3.85. The molecule has 1 saturated heterocycles. The second-order valence-electron chi connectivity index (χ2n) is 6.61. The average molecular weight is 280 g/mol. The molecular weight excluding hydrogens is 252 g/mol. The molecule has 0 bridgehead atoms. The van der Waals surface area contributed by atoms with E-state index in [1.54, 1.807) is 0 Å². The Morgan fingerprint density at radius 2 is 2.10 bits per heavy atom. The molecule has 1 unspecified atom stereocenters. The predicted octanol–water partition coefficient (Wildman–Crippen LogP) is 1.44. The highest BCUT2D eigenvalue weighted by atomic mass is 16.5. The van der Waals surface area contributed by atoms with Gasteiger partial charge in [0.05, 0.1) is 18.3 Å². The summed E-state index contributed by atoms with van der Waals surface area (Å²) in [4.78, 5) is 2.44. The van der Waals surface area contributed by atoms with E-state index in [9.17, 15) is 0 Å². The van der Waals surface area contributed by atoms with E-state index in [-0.39, 0.29) is 11.5 Å². The van der Waals surface area contributed by atoms with Gasteiger partial charge in [-0.25, -0.2) is 0 Å². The first kappa shape index (κ1) is 15.5. The van der Waals surface area contributed by atoms with Gasteiger partial charge in [0, 0.05) is 50.5 Å². The van der Waals surface area contributed by atoms with Crippen LogP contribution in [0.2, 0.25) is 0 Å². The van der Waals surface area contributed by atoms with Crippen LogP contribution in [0.5, 0.6) is 0 Å². The van der Waals surface area contributed by atoms with Crippen LogP contribution in [0, 0.1) is 0 Å². The van der Waals surface area contributed by atoms with Crippen molar-refractivity contribution in [2.75, 3.05) is 32.8 Å². The Bertz CT molecular complexity index is 428. The van der Waals surface area contributed by atoms with Crippen molar-refractivity contribution in [2.45, 2.75) is 38.6 Å². The minimum absolute atomic E-state index is 0.0341. The molecule has 1 fully saturated rings. The normalized spacial score (nSPS) is 19.9. The molecule has 0 spiro atoms. The minimum atomic E-state index is 0.0341. The lowest BCUT2D eigenvalue weighted by Crippen LogP contribution is -2.36. The highest BCUT2D eigenvalue weighted by molar-refractivity contribution is 5.28. The van der Waals surface area contributed by atoms with Gasteiger partial charge >= 0.3 is 0 Å². The van der Waals surface area contributed by atoms with Crippen molar-refractivity contribution < 1.29 is 4.74 Å². The predicted molar refractivity (Wildman–Crippen MR) is 80.7 cm³/mol. The van der Waals surface area contributed by atoms with Crippen LogP contribution < -0.4 is 5.73 Å². The number of aromatic nitrogens is 2.